The van der Waals surface area contributed by atoms with Crippen LogP contribution < -0.4 is 0 Å². The van der Waals surface area contributed by atoms with Gasteiger partial charge in [-0.15, -0.1) is 0 Å². The number of furan rings is 1. The van der Waals surface area contributed by atoms with Crippen LogP contribution in [0, 0.1) is 5.82 Å². The van der Waals surface area contributed by atoms with E-state index in [1.807, 2.05) is 0 Å². The van der Waals surface area contributed by atoms with E-state index >= 15 is 0 Å². The second-order valence-corrected chi connectivity index (χ2v) is 4.36. The van der Waals surface area contributed by atoms with Crippen molar-refractivity contribution in [2.45, 2.75) is 6.18 Å². The van der Waals surface area contributed by atoms with E-state index in [1.54, 1.807) is 0 Å². The molecule has 3 rings (SSSR count). The van der Waals surface area contributed by atoms with E-state index < -0.39 is 29.2 Å². The summed E-state index contributed by atoms with van der Waals surface area (Å²) < 4.78 is 57.3. The second kappa shape index (κ2) is 4.90. The maximum absolute atomic E-state index is 13.2. The molecule has 1 aromatic carbocycles. The van der Waals surface area contributed by atoms with Gasteiger partial charge in [0.25, 0.3) is 0 Å². The Morgan fingerprint density at radius 2 is 1.86 bits per heavy atom. The summed E-state index contributed by atoms with van der Waals surface area (Å²) in [4.78, 5) is 19.1. The zero-order chi connectivity index (χ0) is 15.9. The molecule has 0 unspecified atom stereocenters. The third kappa shape index (κ3) is 2.43. The molecule has 0 saturated carbocycles. The number of carbonyl (C=O) groups is 1. The molecule has 0 aliphatic carbocycles. The van der Waals surface area contributed by atoms with Crippen LogP contribution in [0.25, 0.3) is 11.0 Å². The molecule has 2 aromatic heterocycles. The smallest absolute Gasteiger partial charge is 0.435 e. The standard InChI is InChI=1S/C14H6F4N2O2/c15-7-3-4-8-9(6-7)19-11(13(20-8)14(16,17)18)12(21)10-2-1-5-22-10/h1-6H. The van der Waals surface area contributed by atoms with E-state index in [-0.39, 0.29) is 16.8 Å². The summed E-state index contributed by atoms with van der Waals surface area (Å²) in [6, 6.07) is 5.50. The summed E-state index contributed by atoms with van der Waals surface area (Å²) in [6.07, 6.45) is -3.73. The third-order valence-corrected chi connectivity index (χ3v) is 2.85. The summed E-state index contributed by atoms with van der Waals surface area (Å²) >= 11 is 0. The topological polar surface area (TPSA) is 56.0 Å². The molecule has 0 amide bonds. The number of ketones is 1. The van der Waals surface area contributed by atoms with Crippen LogP contribution >= 0.6 is 0 Å². The summed E-state index contributed by atoms with van der Waals surface area (Å²) in [5, 5.41) is 0. The number of hydrogen-bond donors (Lipinski definition) is 0. The van der Waals surface area contributed by atoms with Crippen molar-refractivity contribution in [2.24, 2.45) is 0 Å². The van der Waals surface area contributed by atoms with Crippen molar-refractivity contribution < 1.29 is 26.8 Å². The normalized spacial score (nSPS) is 11.8. The minimum Gasteiger partial charge on any atom is -0.461 e. The minimum atomic E-state index is -4.88. The molecule has 0 aliphatic rings. The molecule has 8 heteroatoms. The fourth-order valence-corrected chi connectivity index (χ4v) is 1.91. The number of nitrogens with zero attached hydrogens (tertiary/aromatic N) is 2. The summed E-state index contributed by atoms with van der Waals surface area (Å²) in [5.41, 5.74) is -2.68. The van der Waals surface area contributed by atoms with Gasteiger partial charge in [-0.2, -0.15) is 13.2 Å². The van der Waals surface area contributed by atoms with Crippen LogP contribution in [-0.4, -0.2) is 15.8 Å². The van der Waals surface area contributed by atoms with E-state index in [2.05, 4.69) is 9.97 Å². The number of fused-ring (bicyclic) bond motifs is 1. The van der Waals surface area contributed by atoms with Gasteiger partial charge in [0.1, 0.15) is 11.5 Å². The monoisotopic (exact) mass is 310 g/mol. The van der Waals surface area contributed by atoms with Gasteiger partial charge in [-0.1, -0.05) is 0 Å². The van der Waals surface area contributed by atoms with Crippen LogP contribution in [0.5, 0.6) is 0 Å². The average Bonchev–Trinajstić information content (AvgIpc) is 2.98. The molecule has 0 saturated heterocycles. The van der Waals surface area contributed by atoms with Gasteiger partial charge >= 0.3 is 6.18 Å². The Balaban J connectivity index is 2.28. The largest absolute Gasteiger partial charge is 0.461 e. The Kier molecular flexibility index (Phi) is 3.16. The van der Waals surface area contributed by atoms with Gasteiger partial charge in [-0.25, -0.2) is 14.4 Å². The molecule has 0 radical (unpaired) electrons. The molecular weight excluding hydrogens is 304 g/mol. The van der Waals surface area contributed by atoms with Crippen molar-refractivity contribution in [3.63, 3.8) is 0 Å². The highest BCUT2D eigenvalue weighted by Crippen LogP contribution is 2.32. The molecule has 4 nitrogen and oxygen atoms in total. The van der Waals surface area contributed by atoms with Gasteiger partial charge in [0.15, 0.2) is 11.5 Å². The summed E-state index contributed by atoms with van der Waals surface area (Å²) in [5.74, 6) is -2.08. The Morgan fingerprint density at radius 3 is 2.50 bits per heavy atom. The lowest BCUT2D eigenvalue weighted by Gasteiger charge is -2.11. The third-order valence-electron chi connectivity index (χ3n) is 2.85. The van der Waals surface area contributed by atoms with Crippen LogP contribution in [0.15, 0.2) is 41.0 Å². The Bertz CT molecular complexity index is 857. The van der Waals surface area contributed by atoms with Gasteiger partial charge in [0, 0.05) is 6.07 Å². The Morgan fingerprint density at radius 1 is 1.09 bits per heavy atom. The van der Waals surface area contributed by atoms with Gasteiger partial charge < -0.3 is 4.42 Å². The lowest BCUT2D eigenvalue weighted by atomic mass is 10.1. The van der Waals surface area contributed by atoms with Crippen LogP contribution in [0.1, 0.15) is 21.9 Å². The van der Waals surface area contributed by atoms with Crippen molar-refractivity contribution in [1.29, 1.82) is 0 Å². The first-order chi connectivity index (χ1) is 10.4. The van der Waals surface area contributed by atoms with Crippen molar-refractivity contribution in [3.8, 4) is 0 Å². The SMILES string of the molecule is O=C(c1ccco1)c1nc2cc(F)ccc2nc1C(F)(F)F. The summed E-state index contributed by atoms with van der Waals surface area (Å²) in [6.45, 7) is 0. The van der Waals surface area contributed by atoms with E-state index in [0.717, 1.165) is 24.5 Å². The van der Waals surface area contributed by atoms with Crippen molar-refractivity contribution in [3.05, 3.63) is 59.6 Å². The van der Waals surface area contributed by atoms with Crippen molar-refractivity contribution in [1.82, 2.24) is 9.97 Å². The molecule has 0 atom stereocenters. The molecule has 22 heavy (non-hydrogen) atoms. The lowest BCUT2D eigenvalue weighted by Crippen LogP contribution is -2.18. The molecule has 112 valence electrons. The zero-order valence-electron chi connectivity index (χ0n) is 10.7. The predicted octanol–water partition coefficient (Wildman–Crippen LogP) is 3.61. The molecular formula is C14H6F4N2O2. The molecule has 0 N–H and O–H groups in total. The number of hydrogen-bond acceptors (Lipinski definition) is 4. The molecule has 0 fully saturated rings. The highest BCUT2D eigenvalue weighted by molar-refractivity contribution is 6.07. The summed E-state index contributed by atoms with van der Waals surface area (Å²) in [7, 11) is 0. The molecule has 0 aliphatic heterocycles. The second-order valence-electron chi connectivity index (χ2n) is 4.36. The van der Waals surface area contributed by atoms with Crippen LogP contribution in [0.2, 0.25) is 0 Å². The maximum atomic E-state index is 13.2. The molecule has 2 heterocycles. The first-order valence-electron chi connectivity index (χ1n) is 5.99. The zero-order valence-corrected chi connectivity index (χ0v) is 10.7. The van der Waals surface area contributed by atoms with E-state index in [0.29, 0.717) is 0 Å². The van der Waals surface area contributed by atoms with Crippen LogP contribution in [-0.2, 0) is 6.18 Å². The number of alkyl halides is 3. The van der Waals surface area contributed by atoms with E-state index in [4.69, 9.17) is 4.42 Å². The Hall–Kier alpha value is -2.77. The molecule has 0 spiro atoms. The molecule has 3 aromatic rings. The van der Waals surface area contributed by atoms with Gasteiger partial charge in [0.05, 0.1) is 17.3 Å². The first-order valence-corrected chi connectivity index (χ1v) is 5.99. The van der Waals surface area contributed by atoms with Crippen LogP contribution in [0.4, 0.5) is 17.6 Å². The van der Waals surface area contributed by atoms with E-state index in [9.17, 15) is 22.4 Å². The van der Waals surface area contributed by atoms with E-state index in [1.165, 1.54) is 12.1 Å². The first kappa shape index (κ1) is 14.2. The minimum absolute atomic E-state index is 0.150. The quantitative estimate of drug-likeness (QED) is 0.536. The highest BCUT2D eigenvalue weighted by atomic mass is 19.4. The molecule has 0 bridgehead atoms. The fourth-order valence-electron chi connectivity index (χ4n) is 1.91. The number of halogens is 4. The number of carbonyl (C=O) groups excluding carboxylic acids is 1. The maximum Gasteiger partial charge on any atom is 0.435 e. The lowest BCUT2D eigenvalue weighted by molar-refractivity contribution is -0.141. The van der Waals surface area contributed by atoms with Crippen molar-refractivity contribution in [2.75, 3.05) is 0 Å². The highest BCUT2D eigenvalue weighted by Gasteiger charge is 2.39. The predicted molar refractivity (Wildman–Crippen MR) is 66.6 cm³/mol. The van der Waals surface area contributed by atoms with Gasteiger partial charge in [-0.05, 0) is 24.3 Å². The van der Waals surface area contributed by atoms with Gasteiger partial charge in [-0.3, -0.25) is 4.79 Å². The number of benzene rings is 1. The van der Waals surface area contributed by atoms with Gasteiger partial charge in [0.2, 0.25) is 5.78 Å². The average molecular weight is 310 g/mol. The number of aromatic nitrogens is 2. The van der Waals surface area contributed by atoms with Crippen LogP contribution in [0.3, 0.4) is 0 Å². The number of rotatable bonds is 2. The van der Waals surface area contributed by atoms with Crippen molar-refractivity contribution >= 4 is 16.8 Å². The Labute approximate surface area is 120 Å². The fraction of sp³-hybridized carbons (Fsp3) is 0.0714.